The maximum atomic E-state index is 12.5. The summed E-state index contributed by atoms with van der Waals surface area (Å²) in [5.41, 5.74) is 5.64. The molecule has 4 rings (SSSR count). The molecule has 0 spiro atoms. The quantitative estimate of drug-likeness (QED) is 0.302. The number of nitrogens with zero attached hydrogens (tertiary/aromatic N) is 1. The summed E-state index contributed by atoms with van der Waals surface area (Å²) in [6, 6.07) is 14.6. The van der Waals surface area contributed by atoms with Crippen molar-refractivity contribution in [2.24, 2.45) is 0 Å². The number of rotatable bonds is 5. The van der Waals surface area contributed by atoms with Crippen LogP contribution in [0.4, 0.5) is 0 Å². The van der Waals surface area contributed by atoms with E-state index >= 15 is 0 Å². The largest absolute Gasteiger partial charge is 0.442 e. The lowest BCUT2D eigenvalue weighted by Crippen LogP contribution is -2.42. The number of nitrogens with one attached hydrogen (secondary N) is 3. The van der Waals surface area contributed by atoms with Gasteiger partial charge in [-0.1, -0.05) is 23.7 Å². The van der Waals surface area contributed by atoms with Gasteiger partial charge in [0, 0.05) is 21.2 Å². The Morgan fingerprint density at radius 3 is 2.47 bits per heavy atom. The summed E-state index contributed by atoms with van der Waals surface area (Å²) >= 11 is 7.55. The van der Waals surface area contributed by atoms with Gasteiger partial charge in [-0.15, -0.1) is 11.8 Å². The van der Waals surface area contributed by atoms with Gasteiger partial charge in [0.1, 0.15) is 11.1 Å². The predicted molar refractivity (Wildman–Crippen MR) is 122 cm³/mol. The second-order valence-electron chi connectivity index (χ2n) is 6.79. The Bertz CT molecular complexity index is 1350. The van der Waals surface area contributed by atoms with Crippen molar-refractivity contribution in [3.8, 4) is 0 Å². The van der Waals surface area contributed by atoms with Crippen LogP contribution in [0.25, 0.3) is 11.1 Å². The number of furan rings is 1. The van der Waals surface area contributed by atoms with E-state index in [1.165, 1.54) is 6.33 Å². The number of benzene rings is 2. The molecule has 2 heterocycles. The molecule has 2 aromatic heterocycles. The number of thioether (sulfide) groups is 1. The first-order chi connectivity index (χ1) is 15.4. The highest BCUT2D eigenvalue weighted by atomic mass is 35.5. The molecule has 0 aliphatic rings. The van der Waals surface area contributed by atoms with Crippen molar-refractivity contribution in [1.29, 1.82) is 0 Å². The molecule has 3 N–H and O–H groups in total. The number of hydrazine groups is 1. The van der Waals surface area contributed by atoms with Gasteiger partial charge in [-0.2, -0.15) is 0 Å². The first kappa shape index (κ1) is 21.7. The number of amides is 2. The summed E-state index contributed by atoms with van der Waals surface area (Å²) in [6.45, 7) is 1.54. The summed E-state index contributed by atoms with van der Waals surface area (Å²) in [7, 11) is 0. The number of hydrogen-bond donors (Lipinski definition) is 3. The van der Waals surface area contributed by atoms with Crippen LogP contribution in [0.1, 0.15) is 32.0 Å². The minimum absolute atomic E-state index is 0.0178. The van der Waals surface area contributed by atoms with E-state index in [1.54, 1.807) is 30.8 Å². The Kier molecular flexibility index (Phi) is 6.29. The van der Waals surface area contributed by atoms with Gasteiger partial charge in [-0.3, -0.25) is 25.2 Å². The number of aryl methyl sites for hydroxylation is 1. The standard InChI is InChI=1S/C22H17ClN4O4S/c1-12-17(18-20(29)24-11-25-22(18)31-12)21(30)27-26-19(28)14-4-2-13(3-5-14)10-32-16-8-6-15(23)7-9-16/h2-9,11H,10H2,1H3,(H,26,28)(H,27,30)(H,24,25,29). The number of carbonyl (C=O) groups is 2. The highest BCUT2D eigenvalue weighted by Gasteiger charge is 2.22. The molecule has 32 heavy (non-hydrogen) atoms. The first-order valence-electron chi connectivity index (χ1n) is 9.47. The van der Waals surface area contributed by atoms with E-state index < -0.39 is 17.4 Å². The maximum Gasteiger partial charge on any atom is 0.274 e. The third-order valence-corrected chi connectivity index (χ3v) is 5.96. The molecule has 0 fully saturated rings. The Hall–Kier alpha value is -3.56. The second kappa shape index (κ2) is 9.29. The van der Waals surface area contributed by atoms with E-state index in [2.05, 4.69) is 20.8 Å². The summed E-state index contributed by atoms with van der Waals surface area (Å²) in [6.07, 6.45) is 1.19. The zero-order valence-electron chi connectivity index (χ0n) is 16.8. The summed E-state index contributed by atoms with van der Waals surface area (Å²) < 4.78 is 5.35. The van der Waals surface area contributed by atoms with Crippen molar-refractivity contribution in [3.05, 3.63) is 92.7 Å². The molecule has 0 saturated carbocycles. The summed E-state index contributed by atoms with van der Waals surface area (Å²) in [5, 5.41) is 0.718. The number of aromatic amines is 1. The highest BCUT2D eigenvalue weighted by Crippen LogP contribution is 2.24. The van der Waals surface area contributed by atoms with Crippen LogP contribution in [0.5, 0.6) is 0 Å². The van der Waals surface area contributed by atoms with Gasteiger partial charge >= 0.3 is 0 Å². The molecule has 0 atom stereocenters. The van der Waals surface area contributed by atoms with Crippen molar-refractivity contribution >= 4 is 46.3 Å². The van der Waals surface area contributed by atoms with E-state index in [0.717, 1.165) is 16.2 Å². The molecule has 0 bridgehead atoms. The predicted octanol–water partition coefficient (Wildman–Crippen LogP) is 3.85. The molecule has 2 aromatic carbocycles. The molecule has 0 aliphatic heterocycles. The van der Waals surface area contributed by atoms with Gasteiger partial charge in [-0.05, 0) is 48.9 Å². The molecule has 0 radical (unpaired) electrons. The summed E-state index contributed by atoms with van der Waals surface area (Å²) in [4.78, 5) is 44.4. The third-order valence-electron chi connectivity index (χ3n) is 4.62. The fourth-order valence-corrected chi connectivity index (χ4v) is 4.01. The van der Waals surface area contributed by atoms with Gasteiger partial charge < -0.3 is 9.40 Å². The van der Waals surface area contributed by atoms with Crippen LogP contribution >= 0.6 is 23.4 Å². The lowest BCUT2D eigenvalue weighted by molar-refractivity contribution is 0.0846. The van der Waals surface area contributed by atoms with Crippen LogP contribution < -0.4 is 16.4 Å². The Morgan fingerprint density at radius 2 is 1.75 bits per heavy atom. The lowest BCUT2D eigenvalue weighted by Gasteiger charge is -2.08. The number of halogens is 1. The van der Waals surface area contributed by atoms with E-state index in [4.69, 9.17) is 16.0 Å². The molecular formula is C22H17ClN4O4S. The van der Waals surface area contributed by atoms with Crippen molar-refractivity contribution < 1.29 is 14.0 Å². The normalized spacial score (nSPS) is 10.8. The molecule has 0 saturated heterocycles. The first-order valence-corrected chi connectivity index (χ1v) is 10.8. The van der Waals surface area contributed by atoms with Crippen LogP contribution in [-0.2, 0) is 5.75 Å². The van der Waals surface area contributed by atoms with Crippen LogP contribution in [0.3, 0.4) is 0 Å². The topological polar surface area (TPSA) is 117 Å². The number of hydrogen-bond acceptors (Lipinski definition) is 6. The van der Waals surface area contributed by atoms with Crippen LogP contribution in [0.2, 0.25) is 5.02 Å². The van der Waals surface area contributed by atoms with Gasteiger partial charge in [0.25, 0.3) is 17.4 Å². The summed E-state index contributed by atoms with van der Waals surface area (Å²) in [5.74, 6) is -0.217. The zero-order chi connectivity index (χ0) is 22.7. The van der Waals surface area contributed by atoms with Gasteiger partial charge in [0.05, 0.1) is 11.9 Å². The van der Waals surface area contributed by atoms with Crippen molar-refractivity contribution in [2.45, 2.75) is 17.6 Å². The van der Waals surface area contributed by atoms with E-state index in [9.17, 15) is 14.4 Å². The molecule has 0 unspecified atom stereocenters. The number of H-pyrrole nitrogens is 1. The number of aromatic nitrogens is 2. The minimum Gasteiger partial charge on any atom is -0.442 e. The molecule has 4 aromatic rings. The molecule has 0 aliphatic carbocycles. The molecule has 162 valence electrons. The van der Waals surface area contributed by atoms with Crippen molar-refractivity contribution in [1.82, 2.24) is 20.8 Å². The third kappa shape index (κ3) is 4.68. The van der Waals surface area contributed by atoms with Crippen molar-refractivity contribution in [2.75, 3.05) is 0 Å². The second-order valence-corrected chi connectivity index (χ2v) is 8.28. The van der Waals surface area contributed by atoms with Crippen LogP contribution in [-0.4, -0.2) is 21.8 Å². The Balaban J connectivity index is 1.37. The number of carbonyl (C=O) groups excluding carboxylic acids is 2. The van der Waals surface area contributed by atoms with E-state index in [0.29, 0.717) is 10.6 Å². The fourth-order valence-electron chi connectivity index (χ4n) is 3.02. The zero-order valence-corrected chi connectivity index (χ0v) is 18.3. The van der Waals surface area contributed by atoms with Crippen molar-refractivity contribution in [3.63, 3.8) is 0 Å². The van der Waals surface area contributed by atoms with Gasteiger partial charge in [-0.25, -0.2) is 4.98 Å². The lowest BCUT2D eigenvalue weighted by atomic mass is 10.1. The maximum absolute atomic E-state index is 12.5. The van der Waals surface area contributed by atoms with E-state index in [-0.39, 0.29) is 22.4 Å². The molecule has 2 amide bonds. The SMILES string of the molecule is Cc1oc2nc[nH]c(=O)c2c1C(=O)NNC(=O)c1ccc(CSc2ccc(Cl)cc2)cc1. The number of fused-ring (bicyclic) bond motifs is 1. The van der Waals surface area contributed by atoms with Crippen LogP contribution in [0.15, 0.2) is 69.0 Å². The highest BCUT2D eigenvalue weighted by molar-refractivity contribution is 7.98. The van der Waals surface area contributed by atoms with Gasteiger partial charge in [0.15, 0.2) is 0 Å². The molecular weight excluding hydrogens is 452 g/mol. The molecule has 8 nitrogen and oxygen atoms in total. The Morgan fingerprint density at radius 1 is 1.06 bits per heavy atom. The van der Waals surface area contributed by atoms with Crippen LogP contribution in [0, 0.1) is 6.92 Å². The van der Waals surface area contributed by atoms with E-state index in [1.807, 2.05) is 36.4 Å². The van der Waals surface area contributed by atoms with Gasteiger partial charge in [0.2, 0.25) is 5.71 Å². The Labute approximate surface area is 191 Å². The fraction of sp³-hybridized carbons (Fsp3) is 0.0909. The monoisotopic (exact) mass is 468 g/mol. The average molecular weight is 469 g/mol. The molecule has 10 heteroatoms. The average Bonchev–Trinajstić information content (AvgIpc) is 3.14. The smallest absolute Gasteiger partial charge is 0.274 e. The minimum atomic E-state index is -0.677.